The van der Waals surface area contributed by atoms with E-state index >= 15 is 0 Å². The third-order valence-corrected chi connectivity index (χ3v) is 1.90. The molecular formula is C9H17N3O2. The predicted octanol–water partition coefficient (Wildman–Crippen LogP) is 0.581. The van der Waals surface area contributed by atoms with Crippen molar-refractivity contribution < 1.29 is 9.63 Å². The van der Waals surface area contributed by atoms with E-state index in [0.717, 1.165) is 13.0 Å². The van der Waals surface area contributed by atoms with E-state index in [1.54, 1.807) is 13.8 Å². The summed E-state index contributed by atoms with van der Waals surface area (Å²) in [4.78, 5) is 6.14. The van der Waals surface area contributed by atoms with Crippen molar-refractivity contribution >= 4 is 0 Å². The highest BCUT2D eigenvalue weighted by Crippen LogP contribution is 2.01. The van der Waals surface area contributed by atoms with Crippen LogP contribution in [0.3, 0.4) is 0 Å². The van der Waals surface area contributed by atoms with Crippen molar-refractivity contribution in [2.75, 3.05) is 13.6 Å². The van der Waals surface area contributed by atoms with Crippen LogP contribution in [0.15, 0.2) is 4.52 Å². The zero-order valence-electron chi connectivity index (χ0n) is 8.90. The van der Waals surface area contributed by atoms with Gasteiger partial charge in [0.1, 0.15) is 0 Å². The molecule has 0 aliphatic carbocycles. The van der Waals surface area contributed by atoms with Gasteiger partial charge in [0, 0.05) is 6.54 Å². The molecular weight excluding hydrogens is 182 g/mol. The third kappa shape index (κ3) is 3.85. The van der Waals surface area contributed by atoms with Crippen molar-refractivity contribution in [3.05, 3.63) is 11.7 Å². The average molecular weight is 199 g/mol. The van der Waals surface area contributed by atoms with Crippen molar-refractivity contribution in [1.82, 2.24) is 15.0 Å². The molecule has 0 saturated heterocycles. The number of aliphatic hydroxyl groups excluding tert-OH is 1. The Kier molecular flexibility index (Phi) is 4.03. The van der Waals surface area contributed by atoms with E-state index in [1.807, 2.05) is 11.9 Å². The second-order valence-corrected chi connectivity index (χ2v) is 3.61. The fourth-order valence-corrected chi connectivity index (χ4v) is 1.12. The number of aliphatic hydroxyl groups is 1. The van der Waals surface area contributed by atoms with E-state index in [0.29, 0.717) is 18.3 Å². The number of hydrogen-bond acceptors (Lipinski definition) is 5. The molecule has 1 aromatic heterocycles. The molecule has 0 saturated carbocycles. The summed E-state index contributed by atoms with van der Waals surface area (Å²) in [6, 6.07) is 0. The predicted molar refractivity (Wildman–Crippen MR) is 51.7 cm³/mol. The molecule has 0 bridgehead atoms. The molecule has 1 rings (SSSR count). The maximum absolute atomic E-state index is 9.09. The van der Waals surface area contributed by atoms with Crippen LogP contribution < -0.4 is 0 Å². The van der Waals surface area contributed by atoms with Crippen molar-refractivity contribution in [3.8, 4) is 0 Å². The van der Waals surface area contributed by atoms with Crippen molar-refractivity contribution in [2.24, 2.45) is 0 Å². The van der Waals surface area contributed by atoms with E-state index in [4.69, 9.17) is 9.63 Å². The Morgan fingerprint density at radius 1 is 1.57 bits per heavy atom. The van der Waals surface area contributed by atoms with Crippen LogP contribution in [0, 0.1) is 6.92 Å². The molecule has 0 aromatic carbocycles. The Morgan fingerprint density at radius 2 is 2.29 bits per heavy atom. The maximum Gasteiger partial charge on any atom is 0.240 e. The van der Waals surface area contributed by atoms with Crippen LogP contribution >= 0.6 is 0 Å². The molecule has 0 spiro atoms. The zero-order chi connectivity index (χ0) is 10.6. The normalized spacial score (nSPS) is 13.5. The van der Waals surface area contributed by atoms with E-state index in [-0.39, 0.29) is 6.10 Å². The Balaban J connectivity index is 2.30. The van der Waals surface area contributed by atoms with Crippen LogP contribution in [0.1, 0.15) is 25.1 Å². The number of nitrogens with zero attached hydrogens (tertiary/aromatic N) is 3. The smallest absolute Gasteiger partial charge is 0.240 e. The van der Waals surface area contributed by atoms with Crippen LogP contribution in [-0.4, -0.2) is 39.8 Å². The van der Waals surface area contributed by atoms with Crippen molar-refractivity contribution in [1.29, 1.82) is 0 Å². The molecule has 1 aromatic rings. The monoisotopic (exact) mass is 199 g/mol. The van der Waals surface area contributed by atoms with Crippen molar-refractivity contribution in [2.45, 2.75) is 32.9 Å². The molecule has 80 valence electrons. The van der Waals surface area contributed by atoms with E-state index < -0.39 is 0 Å². The van der Waals surface area contributed by atoms with Crippen LogP contribution in [0.5, 0.6) is 0 Å². The largest absolute Gasteiger partial charge is 0.393 e. The van der Waals surface area contributed by atoms with Gasteiger partial charge in [-0.2, -0.15) is 4.98 Å². The first-order valence-corrected chi connectivity index (χ1v) is 4.73. The first-order valence-electron chi connectivity index (χ1n) is 4.73. The summed E-state index contributed by atoms with van der Waals surface area (Å²) in [5, 5.41) is 12.8. The van der Waals surface area contributed by atoms with Crippen molar-refractivity contribution in [3.63, 3.8) is 0 Å². The van der Waals surface area contributed by atoms with Crippen LogP contribution in [0.2, 0.25) is 0 Å². The van der Waals surface area contributed by atoms with Crippen LogP contribution in [0.25, 0.3) is 0 Å². The topological polar surface area (TPSA) is 62.4 Å². The van der Waals surface area contributed by atoms with Gasteiger partial charge in [-0.1, -0.05) is 5.16 Å². The number of rotatable bonds is 5. The minimum Gasteiger partial charge on any atom is -0.393 e. The molecule has 0 aliphatic heterocycles. The lowest BCUT2D eigenvalue weighted by atomic mass is 10.3. The molecule has 0 aliphatic rings. The van der Waals surface area contributed by atoms with Gasteiger partial charge in [0.25, 0.3) is 0 Å². The first-order chi connectivity index (χ1) is 6.58. The number of hydrogen-bond donors (Lipinski definition) is 1. The Hall–Kier alpha value is -0.940. The van der Waals surface area contributed by atoms with Gasteiger partial charge < -0.3 is 9.63 Å². The highest BCUT2D eigenvalue weighted by Gasteiger charge is 2.07. The molecule has 0 radical (unpaired) electrons. The lowest BCUT2D eigenvalue weighted by Crippen LogP contribution is -2.22. The summed E-state index contributed by atoms with van der Waals surface area (Å²) < 4.78 is 4.98. The van der Waals surface area contributed by atoms with Gasteiger partial charge in [0.05, 0.1) is 12.6 Å². The molecule has 5 heteroatoms. The molecule has 0 fully saturated rings. The molecule has 1 heterocycles. The molecule has 1 atom stereocenters. The van der Waals surface area contributed by atoms with E-state index in [2.05, 4.69) is 10.1 Å². The second kappa shape index (κ2) is 5.07. The summed E-state index contributed by atoms with van der Waals surface area (Å²) >= 11 is 0. The van der Waals surface area contributed by atoms with Gasteiger partial charge >= 0.3 is 0 Å². The molecule has 1 unspecified atom stereocenters. The lowest BCUT2D eigenvalue weighted by Gasteiger charge is -2.14. The average Bonchev–Trinajstić information content (AvgIpc) is 2.48. The molecule has 1 N–H and O–H groups in total. The summed E-state index contributed by atoms with van der Waals surface area (Å²) in [5.41, 5.74) is 0. The number of aromatic nitrogens is 2. The van der Waals surface area contributed by atoms with Crippen LogP contribution in [-0.2, 0) is 6.54 Å². The zero-order valence-corrected chi connectivity index (χ0v) is 8.90. The fraction of sp³-hybridized carbons (Fsp3) is 0.778. The van der Waals surface area contributed by atoms with E-state index in [9.17, 15) is 0 Å². The summed E-state index contributed by atoms with van der Waals surface area (Å²) in [6.07, 6.45) is 0.491. The molecule has 0 amide bonds. The Bertz CT molecular complexity index is 273. The quantitative estimate of drug-likeness (QED) is 0.751. The SMILES string of the molecule is Cc1noc(CN(C)CCC(C)O)n1. The van der Waals surface area contributed by atoms with Gasteiger partial charge in [0.15, 0.2) is 5.82 Å². The van der Waals surface area contributed by atoms with Gasteiger partial charge in [-0.25, -0.2) is 0 Å². The highest BCUT2D eigenvalue weighted by molar-refractivity contribution is 4.82. The van der Waals surface area contributed by atoms with Gasteiger partial charge in [0.2, 0.25) is 5.89 Å². The second-order valence-electron chi connectivity index (χ2n) is 3.61. The summed E-state index contributed by atoms with van der Waals surface area (Å²) in [7, 11) is 1.96. The minimum atomic E-state index is -0.262. The Morgan fingerprint density at radius 3 is 2.79 bits per heavy atom. The molecule has 5 nitrogen and oxygen atoms in total. The van der Waals surface area contributed by atoms with Crippen LogP contribution in [0.4, 0.5) is 0 Å². The van der Waals surface area contributed by atoms with Gasteiger partial charge in [-0.3, -0.25) is 4.90 Å². The Labute approximate surface area is 83.7 Å². The van der Waals surface area contributed by atoms with Gasteiger partial charge in [-0.05, 0) is 27.3 Å². The summed E-state index contributed by atoms with van der Waals surface area (Å²) in [5.74, 6) is 1.28. The first kappa shape index (κ1) is 11.1. The minimum absolute atomic E-state index is 0.262. The fourth-order valence-electron chi connectivity index (χ4n) is 1.12. The third-order valence-electron chi connectivity index (χ3n) is 1.90. The summed E-state index contributed by atoms with van der Waals surface area (Å²) in [6.45, 7) is 5.03. The lowest BCUT2D eigenvalue weighted by molar-refractivity contribution is 0.158. The highest BCUT2D eigenvalue weighted by atomic mass is 16.5. The number of aryl methyl sites for hydroxylation is 1. The van der Waals surface area contributed by atoms with Gasteiger partial charge in [-0.15, -0.1) is 0 Å². The maximum atomic E-state index is 9.09. The molecule has 14 heavy (non-hydrogen) atoms. The standard InChI is InChI=1S/C9H17N3O2/c1-7(13)4-5-12(3)6-9-10-8(2)11-14-9/h7,13H,4-6H2,1-3H3. The van der Waals surface area contributed by atoms with E-state index in [1.165, 1.54) is 0 Å².